The number of thiocarbonyl (C=S) groups is 1. The number of hydrogen-bond donors (Lipinski definition) is 2. The van der Waals surface area contributed by atoms with Crippen LogP contribution in [0.15, 0.2) is 42.5 Å². The van der Waals surface area contributed by atoms with Gasteiger partial charge in [-0.3, -0.25) is 0 Å². The average Bonchev–Trinajstić information content (AvgIpc) is 2.41. The van der Waals surface area contributed by atoms with Gasteiger partial charge >= 0.3 is 0 Å². The lowest BCUT2D eigenvalue weighted by Gasteiger charge is -2.11. The molecule has 0 bridgehead atoms. The van der Waals surface area contributed by atoms with Crippen molar-refractivity contribution in [3.8, 4) is 0 Å². The summed E-state index contributed by atoms with van der Waals surface area (Å²) in [7, 11) is 0. The lowest BCUT2D eigenvalue weighted by atomic mass is 10.1. The summed E-state index contributed by atoms with van der Waals surface area (Å²) in [5.41, 5.74) is 2.62. The molecule has 0 radical (unpaired) electrons. The summed E-state index contributed by atoms with van der Waals surface area (Å²) in [5.74, 6) is -0.433. The maximum atomic E-state index is 13.6. The Balaban J connectivity index is 1.90. The van der Waals surface area contributed by atoms with Crippen LogP contribution in [0.3, 0.4) is 0 Å². The van der Waals surface area contributed by atoms with Gasteiger partial charge in [0.2, 0.25) is 0 Å². The normalized spacial score (nSPS) is 10.2. The zero-order valence-electron chi connectivity index (χ0n) is 10.9. The third kappa shape index (κ3) is 4.18. The Morgan fingerprint density at radius 1 is 1.20 bits per heavy atom. The quantitative estimate of drug-likeness (QED) is 0.828. The predicted molar refractivity (Wildman–Crippen MR) is 85.6 cm³/mol. The van der Waals surface area contributed by atoms with E-state index in [4.69, 9.17) is 23.8 Å². The minimum absolute atomic E-state index is 0.302. The summed E-state index contributed by atoms with van der Waals surface area (Å²) >= 11 is 10.8. The van der Waals surface area contributed by atoms with E-state index in [-0.39, 0.29) is 0 Å². The number of nitrogens with one attached hydrogen (secondary N) is 2. The second-order valence-corrected chi connectivity index (χ2v) is 5.26. The fraction of sp³-hybridized carbons (Fsp3) is 0.133. The second kappa shape index (κ2) is 6.68. The van der Waals surface area contributed by atoms with Crippen molar-refractivity contribution in [2.24, 2.45) is 0 Å². The molecule has 0 unspecified atom stereocenters. The SMILES string of the molecule is Cc1ccc(CNC(=S)Nc2ccc(Cl)cc2F)cc1. The summed E-state index contributed by atoms with van der Waals surface area (Å²) in [6, 6.07) is 12.5. The van der Waals surface area contributed by atoms with Crippen molar-refractivity contribution < 1.29 is 4.39 Å². The molecule has 5 heteroatoms. The highest BCUT2D eigenvalue weighted by Crippen LogP contribution is 2.18. The summed E-state index contributed by atoms with van der Waals surface area (Å²) < 4.78 is 13.6. The molecule has 0 spiro atoms. The summed E-state index contributed by atoms with van der Waals surface area (Å²) in [6.45, 7) is 2.62. The van der Waals surface area contributed by atoms with Gasteiger partial charge < -0.3 is 10.6 Å². The van der Waals surface area contributed by atoms with E-state index in [1.54, 1.807) is 12.1 Å². The van der Waals surface area contributed by atoms with Crippen LogP contribution in [0.4, 0.5) is 10.1 Å². The molecule has 2 rings (SSSR count). The molecule has 2 nitrogen and oxygen atoms in total. The molecular formula is C15H14ClFN2S. The van der Waals surface area contributed by atoms with Crippen LogP contribution in [0.2, 0.25) is 5.02 Å². The number of aryl methyl sites for hydroxylation is 1. The van der Waals surface area contributed by atoms with Gasteiger partial charge in [0.15, 0.2) is 5.11 Å². The first-order valence-electron chi connectivity index (χ1n) is 6.10. The highest BCUT2D eigenvalue weighted by molar-refractivity contribution is 7.80. The standard InChI is InChI=1S/C15H14ClFN2S/c1-10-2-4-11(5-3-10)9-18-15(20)19-14-7-6-12(16)8-13(14)17/h2-8H,9H2,1H3,(H2,18,19,20). The summed E-state index contributed by atoms with van der Waals surface area (Å²) in [6.07, 6.45) is 0. The second-order valence-electron chi connectivity index (χ2n) is 4.42. The lowest BCUT2D eigenvalue weighted by molar-refractivity contribution is 0.632. The Morgan fingerprint density at radius 2 is 1.90 bits per heavy atom. The van der Waals surface area contributed by atoms with Crippen LogP contribution in [0.5, 0.6) is 0 Å². The van der Waals surface area contributed by atoms with E-state index in [2.05, 4.69) is 10.6 Å². The van der Waals surface area contributed by atoms with E-state index < -0.39 is 5.82 Å². The van der Waals surface area contributed by atoms with Crippen molar-refractivity contribution in [2.75, 3.05) is 5.32 Å². The smallest absolute Gasteiger partial charge is 0.171 e. The third-order valence-corrected chi connectivity index (χ3v) is 3.23. The first-order valence-corrected chi connectivity index (χ1v) is 6.88. The van der Waals surface area contributed by atoms with Crippen molar-refractivity contribution in [3.63, 3.8) is 0 Å². The van der Waals surface area contributed by atoms with E-state index in [1.165, 1.54) is 11.6 Å². The molecule has 0 amide bonds. The van der Waals surface area contributed by atoms with Gasteiger partial charge in [0.1, 0.15) is 5.82 Å². The van der Waals surface area contributed by atoms with Gasteiger partial charge in [0.25, 0.3) is 0 Å². The molecule has 0 aliphatic heterocycles. The molecule has 0 aliphatic rings. The third-order valence-electron chi connectivity index (χ3n) is 2.75. The number of halogens is 2. The van der Waals surface area contributed by atoms with Gasteiger partial charge in [-0.25, -0.2) is 4.39 Å². The molecule has 0 saturated heterocycles. The first-order chi connectivity index (χ1) is 9.54. The molecule has 2 aromatic rings. The molecule has 0 aromatic heterocycles. The monoisotopic (exact) mass is 308 g/mol. The van der Waals surface area contributed by atoms with Crippen LogP contribution in [-0.2, 0) is 6.54 Å². The van der Waals surface area contributed by atoms with Crippen LogP contribution < -0.4 is 10.6 Å². The number of anilines is 1. The fourth-order valence-corrected chi connectivity index (χ4v) is 1.99. The van der Waals surface area contributed by atoms with Gasteiger partial charge in [-0.15, -0.1) is 0 Å². The molecule has 0 atom stereocenters. The minimum atomic E-state index is -0.433. The van der Waals surface area contributed by atoms with E-state index in [0.717, 1.165) is 5.56 Å². The molecule has 20 heavy (non-hydrogen) atoms. The zero-order chi connectivity index (χ0) is 14.5. The van der Waals surface area contributed by atoms with E-state index in [9.17, 15) is 4.39 Å². The van der Waals surface area contributed by atoms with Crippen molar-refractivity contribution in [1.29, 1.82) is 0 Å². The largest absolute Gasteiger partial charge is 0.358 e. The highest BCUT2D eigenvalue weighted by atomic mass is 35.5. The van der Waals surface area contributed by atoms with Crippen LogP contribution in [0.25, 0.3) is 0 Å². The number of hydrogen-bond acceptors (Lipinski definition) is 1. The van der Waals surface area contributed by atoms with E-state index in [0.29, 0.717) is 22.4 Å². The molecule has 0 heterocycles. The fourth-order valence-electron chi connectivity index (χ4n) is 1.65. The Labute approximate surface area is 128 Å². The zero-order valence-corrected chi connectivity index (χ0v) is 12.5. The predicted octanol–water partition coefficient (Wildman–Crippen LogP) is 4.27. The molecule has 0 saturated carbocycles. The number of benzene rings is 2. The van der Waals surface area contributed by atoms with Crippen molar-refractivity contribution in [1.82, 2.24) is 5.32 Å². The van der Waals surface area contributed by atoms with Gasteiger partial charge in [0, 0.05) is 11.6 Å². The molecule has 0 aliphatic carbocycles. The lowest BCUT2D eigenvalue weighted by Crippen LogP contribution is -2.28. The average molecular weight is 309 g/mol. The summed E-state index contributed by atoms with van der Waals surface area (Å²) in [5, 5.41) is 6.56. The minimum Gasteiger partial charge on any atom is -0.358 e. The molecule has 104 valence electrons. The summed E-state index contributed by atoms with van der Waals surface area (Å²) in [4.78, 5) is 0. The maximum absolute atomic E-state index is 13.6. The highest BCUT2D eigenvalue weighted by Gasteiger charge is 2.04. The van der Waals surface area contributed by atoms with Gasteiger partial charge in [0.05, 0.1) is 5.69 Å². The van der Waals surface area contributed by atoms with E-state index >= 15 is 0 Å². The molecule has 0 fully saturated rings. The molecule has 2 N–H and O–H groups in total. The molecule has 2 aromatic carbocycles. The van der Waals surface area contributed by atoms with Crippen LogP contribution in [0, 0.1) is 12.7 Å². The van der Waals surface area contributed by atoms with Crippen LogP contribution >= 0.6 is 23.8 Å². The van der Waals surface area contributed by atoms with Crippen molar-refractivity contribution in [2.45, 2.75) is 13.5 Å². The van der Waals surface area contributed by atoms with Gasteiger partial charge in [-0.1, -0.05) is 41.4 Å². The van der Waals surface area contributed by atoms with Crippen LogP contribution in [0.1, 0.15) is 11.1 Å². The Bertz CT molecular complexity index is 614. The first kappa shape index (κ1) is 14.8. The topological polar surface area (TPSA) is 24.1 Å². The Kier molecular flexibility index (Phi) is 4.93. The van der Waals surface area contributed by atoms with E-state index in [1.807, 2.05) is 31.2 Å². The Hall–Kier alpha value is -1.65. The van der Waals surface area contributed by atoms with Crippen LogP contribution in [-0.4, -0.2) is 5.11 Å². The van der Waals surface area contributed by atoms with Gasteiger partial charge in [-0.05, 0) is 42.9 Å². The number of rotatable bonds is 3. The van der Waals surface area contributed by atoms with Gasteiger partial charge in [-0.2, -0.15) is 0 Å². The Morgan fingerprint density at radius 3 is 2.55 bits per heavy atom. The molecular weight excluding hydrogens is 295 g/mol. The maximum Gasteiger partial charge on any atom is 0.171 e. The van der Waals surface area contributed by atoms with Crippen molar-refractivity contribution in [3.05, 3.63) is 64.4 Å². The van der Waals surface area contributed by atoms with Crippen molar-refractivity contribution >= 4 is 34.6 Å².